The van der Waals surface area contributed by atoms with E-state index in [0.717, 1.165) is 31.3 Å². The SMILES string of the molecule is Fc1ccc(CNCCCc2ncn[nH]2)c(F)c1. The second-order valence-electron chi connectivity index (χ2n) is 3.95. The molecule has 2 N–H and O–H groups in total. The first-order chi connectivity index (χ1) is 8.75. The van der Waals surface area contributed by atoms with E-state index >= 15 is 0 Å². The Kier molecular flexibility index (Phi) is 4.35. The number of hydrogen-bond donors (Lipinski definition) is 2. The number of hydrogen-bond acceptors (Lipinski definition) is 3. The maximum absolute atomic E-state index is 13.3. The molecule has 0 spiro atoms. The van der Waals surface area contributed by atoms with Gasteiger partial charge < -0.3 is 5.32 Å². The molecule has 0 aliphatic heterocycles. The molecule has 0 amide bonds. The third kappa shape index (κ3) is 3.59. The topological polar surface area (TPSA) is 53.6 Å². The number of halogens is 2. The van der Waals surface area contributed by atoms with Crippen LogP contribution >= 0.6 is 0 Å². The summed E-state index contributed by atoms with van der Waals surface area (Å²) >= 11 is 0. The van der Waals surface area contributed by atoms with E-state index < -0.39 is 11.6 Å². The first kappa shape index (κ1) is 12.6. The molecule has 0 aliphatic carbocycles. The fourth-order valence-electron chi connectivity index (χ4n) is 1.62. The Balaban J connectivity index is 1.69. The van der Waals surface area contributed by atoms with Crippen LogP contribution in [-0.4, -0.2) is 21.7 Å². The third-order valence-corrected chi connectivity index (χ3v) is 2.56. The van der Waals surface area contributed by atoms with E-state index in [2.05, 4.69) is 20.5 Å². The minimum absolute atomic E-state index is 0.391. The van der Waals surface area contributed by atoms with E-state index in [1.165, 1.54) is 18.5 Å². The second-order valence-corrected chi connectivity index (χ2v) is 3.95. The highest BCUT2D eigenvalue weighted by atomic mass is 19.1. The molecule has 0 fully saturated rings. The van der Waals surface area contributed by atoms with E-state index in [4.69, 9.17) is 0 Å². The summed E-state index contributed by atoms with van der Waals surface area (Å²) in [5, 5.41) is 9.62. The van der Waals surface area contributed by atoms with Gasteiger partial charge in [-0.2, -0.15) is 5.10 Å². The number of nitrogens with zero attached hydrogens (tertiary/aromatic N) is 2. The van der Waals surface area contributed by atoms with Crippen LogP contribution in [0.25, 0.3) is 0 Å². The Bertz CT molecular complexity index is 485. The van der Waals surface area contributed by atoms with Crippen LogP contribution in [0.5, 0.6) is 0 Å². The van der Waals surface area contributed by atoms with Crippen LogP contribution in [-0.2, 0) is 13.0 Å². The van der Waals surface area contributed by atoms with E-state index in [0.29, 0.717) is 12.1 Å². The molecule has 0 saturated carbocycles. The number of rotatable bonds is 6. The quantitative estimate of drug-likeness (QED) is 0.771. The number of nitrogens with one attached hydrogen (secondary N) is 2. The van der Waals surface area contributed by atoms with Crippen molar-refractivity contribution < 1.29 is 8.78 Å². The van der Waals surface area contributed by atoms with Gasteiger partial charge in [-0.1, -0.05) is 6.07 Å². The van der Waals surface area contributed by atoms with Crippen LogP contribution in [0.1, 0.15) is 17.8 Å². The van der Waals surface area contributed by atoms with Crippen molar-refractivity contribution in [3.63, 3.8) is 0 Å². The zero-order valence-electron chi connectivity index (χ0n) is 9.79. The summed E-state index contributed by atoms with van der Waals surface area (Å²) in [6, 6.07) is 3.61. The van der Waals surface area contributed by atoms with Crippen LogP contribution in [0.3, 0.4) is 0 Å². The Hall–Kier alpha value is -1.82. The van der Waals surface area contributed by atoms with Crippen LogP contribution in [0.15, 0.2) is 24.5 Å². The lowest BCUT2D eigenvalue weighted by atomic mass is 10.2. The van der Waals surface area contributed by atoms with Gasteiger partial charge in [-0.3, -0.25) is 5.10 Å². The van der Waals surface area contributed by atoms with Gasteiger partial charge in [0.25, 0.3) is 0 Å². The number of benzene rings is 1. The van der Waals surface area contributed by atoms with E-state index in [9.17, 15) is 8.78 Å². The van der Waals surface area contributed by atoms with Crippen LogP contribution < -0.4 is 5.32 Å². The summed E-state index contributed by atoms with van der Waals surface area (Å²) in [6.07, 6.45) is 3.13. The minimum Gasteiger partial charge on any atom is -0.313 e. The normalized spacial score (nSPS) is 10.8. The lowest BCUT2D eigenvalue weighted by molar-refractivity contribution is 0.556. The number of aryl methyl sites for hydroxylation is 1. The van der Waals surface area contributed by atoms with Gasteiger partial charge in [0, 0.05) is 24.6 Å². The lowest BCUT2D eigenvalue weighted by Gasteiger charge is -2.05. The number of H-pyrrole nitrogens is 1. The molecule has 1 aromatic heterocycles. The smallest absolute Gasteiger partial charge is 0.137 e. The van der Waals surface area contributed by atoms with Crippen molar-refractivity contribution in [3.05, 3.63) is 47.5 Å². The molecule has 0 bridgehead atoms. The van der Waals surface area contributed by atoms with Gasteiger partial charge >= 0.3 is 0 Å². The summed E-state index contributed by atoms with van der Waals surface area (Å²) in [5.74, 6) is -0.232. The van der Waals surface area contributed by atoms with E-state index in [1.54, 1.807) is 0 Å². The monoisotopic (exact) mass is 252 g/mol. The average Bonchev–Trinajstić information content (AvgIpc) is 2.84. The van der Waals surface area contributed by atoms with Crippen LogP contribution in [0.4, 0.5) is 8.78 Å². The molecule has 1 aromatic carbocycles. The Labute approximate surface area is 103 Å². The van der Waals surface area contributed by atoms with Gasteiger partial charge in [-0.05, 0) is 19.0 Å². The molecule has 0 atom stereocenters. The fourth-order valence-corrected chi connectivity index (χ4v) is 1.62. The molecule has 0 saturated heterocycles. The third-order valence-electron chi connectivity index (χ3n) is 2.56. The Morgan fingerprint density at radius 1 is 1.28 bits per heavy atom. The minimum atomic E-state index is -0.554. The zero-order valence-corrected chi connectivity index (χ0v) is 9.79. The van der Waals surface area contributed by atoms with Gasteiger partial charge in [0.05, 0.1) is 0 Å². The molecule has 0 aliphatic rings. The van der Waals surface area contributed by atoms with Gasteiger partial charge in [-0.15, -0.1) is 0 Å². The average molecular weight is 252 g/mol. The van der Waals surface area contributed by atoms with E-state index in [1.807, 2.05) is 0 Å². The molecule has 2 rings (SSSR count). The Morgan fingerprint density at radius 3 is 2.89 bits per heavy atom. The van der Waals surface area contributed by atoms with Crippen molar-refractivity contribution in [2.75, 3.05) is 6.54 Å². The highest BCUT2D eigenvalue weighted by Crippen LogP contribution is 2.08. The molecule has 1 heterocycles. The first-order valence-electron chi connectivity index (χ1n) is 5.74. The predicted octanol–water partition coefficient (Wildman–Crippen LogP) is 1.81. The lowest BCUT2D eigenvalue weighted by Crippen LogP contribution is -2.16. The van der Waals surface area contributed by atoms with E-state index in [-0.39, 0.29) is 0 Å². The molecule has 6 heteroatoms. The standard InChI is InChI=1S/C12H14F2N4/c13-10-4-3-9(11(14)6-10)7-15-5-1-2-12-16-8-17-18-12/h3-4,6,8,15H,1-2,5,7H2,(H,16,17,18). The summed E-state index contributed by atoms with van der Waals surface area (Å²) in [5.41, 5.74) is 0.469. The number of aromatic nitrogens is 3. The van der Waals surface area contributed by atoms with Crippen molar-refractivity contribution in [2.24, 2.45) is 0 Å². The molecule has 4 nitrogen and oxygen atoms in total. The van der Waals surface area contributed by atoms with Crippen LogP contribution in [0, 0.1) is 11.6 Å². The van der Waals surface area contributed by atoms with Gasteiger partial charge in [-0.25, -0.2) is 13.8 Å². The number of aromatic amines is 1. The first-order valence-corrected chi connectivity index (χ1v) is 5.74. The van der Waals surface area contributed by atoms with Crippen molar-refractivity contribution in [2.45, 2.75) is 19.4 Å². The molecular formula is C12H14F2N4. The molecule has 18 heavy (non-hydrogen) atoms. The van der Waals surface area contributed by atoms with Crippen molar-refractivity contribution in [1.82, 2.24) is 20.5 Å². The highest BCUT2D eigenvalue weighted by molar-refractivity contribution is 5.18. The summed E-state index contributed by atoms with van der Waals surface area (Å²) < 4.78 is 26.0. The zero-order chi connectivity index (χ0) is 12.8. The maximum Gasteiger partial charge on any atom is 0.137 e. The fraction of sp³-hybridized carbons (Fsp3) is 0.333. The van der Waals surface area contributed by atoms with Crippen molar-refractivity contribution >= 4 is 0 Å². The maximum atomic E-state index is 13.3. The molecule has 0 radical (unpaired) electrons. The van der Waals surface area contributed by atoms with Gasteiger partial charge in [0.2, 0.25) is 0 Å². The largest absolute Gasteiger partial charge is 0.313 e. The molecule has 2 aromatic rings. The summed E-state index contributed by atoms with van der Waals surface area (Å²) in [7, 11) is 0. The van der Waals surface area contributed by atoms with Crippen molar-refractivity contribution in [1.29, 1.82) is 0 Å². The molecule has 96 valence electrons. The molecule has 0 unspecified atom stereocenters. The second kappa shape index (κ2) is 6.20. The summed E-state index contributed by atoms with van der Waals surface area (Å²) in [6.45, 7) is 1.13. The predicted molar refractivity (Wildman–Crippen MR) is 62.8 cm³/mol. The van der Waals surface area contributed by atoms with Gasteiger partial charge in [0.1, 0.15) is 23.8 Å². The van der Waals surface area contributed by atoms with Crippen molar-refractivity contribution in [3.8, 4) is 0 Å². The van der Waals surface area contributed by atoms with Gasteiger partial charge in [0.15, 0.2) is 0 Å². The Morgan fingerprint density at radius 2 is 2.17 bits per heavy atom. The highest BCUT2D eigenvalue weighted by Gasteiger charge is 2.03. The summed E-state index contributed by atoms with van der Waals surface area (Å²) in [4.78, 5) is 4.00. The molecular weight excluding hydrogens is 238 g/mol. The van der Waals surface area contributed by atoms with Crippen LogP contribution in [0.2, 0.25) is 0 Å².